The number of esters is 1. The molecule has 2 saturated heterocycles. The molecule has 1 aromatic carbocycles. The van der Waals surface area contributed by atoms with E-state index in [1.165, 1.54) is 29.6 Å². The van der Waals surface area contributed by atoms with Gasteiger partial charge in [0.05, 0.1) is 23.7 Å². The molecule has 8 nitrogen and oxygen atoms in total. The van der Waals surface area contributed by atoms with Crippen molar-refractivity contribution >= 4 is 33.5 Å². The number of nitrogens with two attached hydrogens (primary N) is 1. The maximum atomic E-state index is 13.1. The minimum Gasteiger partial charge on any atom is -0.465 e. The summed E-state index contributed by atoms with van der Waals surface area (Å²) in [5.74, 6) is -0.947. The molecule has 154 valence electrons. The molecule has 3 rings (SSSR count). The van der Waals surface area contributed by atoms with Crippen molar-refractivity contribution < 1.29 is 22.7 Å². The number of amides is 1. The molecule has 1 aromatic rings. The summed E-state index contributed by atoms with van der Waals surface area (Å²) in [7, 11) is -2.62. The Hall–Kier alpha value is -1.68. The average Bonchev–Trinajstić information content (AvgIpc) is 3.18. The van der Waals surface area contributed by atoms with Gasteiger partial charge in [0.1, 0.15) is 4.90 Å². The Bertz CT molecular complexity index is 868. The van der Waals surface area contributed by atoms with E-state index < -0.39 is 16.0 Å². The smallest absolute Gasteiger partial charge is 0.337 e. The number of methoxy groups -OCH3 is 1. The molecule has 10 heteroatoms. The molecule has 0 aliphatic carbocycles. The Morgan fingerprint density at radius 3 is 2.46 bits per heavy atom. The second-order valence-electron chi connectivity index (χ2n) is 7.07. The summed E-state index contributed by atoms with van der Waals surface area (Å²) in [4.78, 5) is 25.4. The van der Waals surface area contributed by atoms with Crippen LogP contribution >= 0.6 is 11.6 Å². The zero-order chi connectivity index (χ0) is 20.5. The highest BCUT2D eigenvalue weighted by Crippen LogP contribution is 2.31. The van der Waals surface area contributed by atoms with Crippen LogP contribution in [0.25, 0.3) is 0 Å². The Kier molecular flexibility index (Phi) is 6.28. The second-order valence-corrected chi connectivity index (χ2v) is 9.38. The van der Waals surface area contributed by atoms with Crippen molar-refractivity contribution in [3.05, 3.63) is 28.8 Å². The first-order valence-electron chi connectivity index (χ1n) is 9.18. The van der Waals surface area contributed by atoms with Gasteiger partial charge in [0.25, 0.3) is 0 Å². The van der Waals surface area contributed by atoms with Crippen LogP contribution in [0.5, 0.6) is 0 Å². The van der Waals surface area contributed by atoms with Gasteiger partial charge in [-0.2, -0.15) is 4.31 Å². The number of rotatable bonds is 5. The van der Waals surface area contributed by atoms with Crippen LogP contribution in [0, 0.1) is 0 Å². The first-order valence-corrected chi connectivity index (χ1v) is 11.0. The summed E-state index contributed by atoms with van der Waals surface area (Å²) in [6.07, 6.45) is 2.89. The lowest BCUT2D eigenvalue weighted by Crippen LogP contribution is -2.51. The molecule has 1 atom stereocenters. The van der Waals surface area contributed by atoms with Crippen molar-refractivity contribution in [2.24, 2.45) is 5.73 Å². The summed E-state index contributed by atoms with van der Waals surface area (Å²) in [5.41, 5.74) is 5.62. The lowest BCUT2D eigenvalue weighted by atomic mass is 10.0. The summed E-state index contributed by atoms with van der Waals surface area (Å²) in [5, 5.41) is 0.0584. The summed E-state index contributed by atoms with van der Waals surface area (Å²) >= 11 is 6.12. The molecule has 0 radical (unpaired) electrons. The quantitative estimate of drug-likeness (QED) is 0.705. The maximum absolute atomic E-state index is 13.1. The highest BCUT2D eigenvalue weighted by molar-refractivity contribution is 7.89. The van der Waals surface area contributed by atoms with Gasteiger partial charge in [-0.3, -0.25) is 9.69 Å². The molecule has 0 saturated carbocycles. The van der Waals surface area contributed by atoms with Gasteiger partial charge >= 0.3 is 5.97 Å². The van der Waals surface area contributed by atoms with Crippen molar-refractivity contribution in [1.29, 1.82) is 0 Å². The Morgan fingerprint density at radius 1 is 1.18 bits per heavy atom. The number of ether oxygens (including phenoxy) is 1. The minimum absolute atomic E-state index is 0.0584. The number of hydrogen-bond acceptors (Lipinski definition) is 6. The zero-order valence-corrected chi connectivity index (χ0v) is 17.2. The molecular weight excluding hydrogens is 406 g/mol. The predicted molar refractivity (Wildman–Crippen MR) is 103 cm³/mol. The fourth-order valence-electron chi connectivity index (χ4n) is 4.03. The molecule has 28 heavy (non-hydrogen) atoms. The van der Waals surface area contributed by atoms with Gasteiger partial charge in [0.2, 0.25) is 15.9 Å². The molecule has 1 amide bonds. The zero-order valence-electron chi connectivity index (χ0n) is 15.6. The Morgan fingerprint density at radius 2 is 1.86 bits per heavy atom. The lowest BCUT2D eigenvalue weighted by Gasteiger charge is -2.38. The van der Waals surface area contributed by atoms with Crippen LogP contribution in [-0.2, 0) is 19.6 Å². The molecule has 0 spiro atoms. The molecule has 1 unspecified atom stereocenters. The molecule has 2 aliphatic heterocycles. The van der Waals surface area contributed by atoms with E-state index in [0.29, 0.717) is 25.9 Å². The third-order valence-electron chi connectivity index (χ3n) is 5.49. The normalized spacial score (nSPS) is 22.3. The Balaban J connectivity index is 1.75. The van der Waals surface area contributed by atoms with Crippen molar-refractivity contribution in [3.63, 3.8) is 0 Å². The van der Waals surface area contributed by atoms with E-state index >= 15 is 0 Å². The molecular formula is C18H24ClN3O5S. The highest BCUT2D eigenvalue weighted by Gasteiger charge is 2.38. The summed E-state index contributed by atoms with van der Waals surface area (Å²) < 4.78 is 32.2. The van der Waals surface area contributed by atoms with Gasteiger partial charge in [-0.15, -0.1) is 0 Å². The number of piperidine rings is 1. The Labute approximate surface area is 169 Å². The van der Waals surface area contributed by atoms with E-state index in [0.717, 1.165) is 19.4 Å². The third kappa shape index (κ3) is 4.03. The van der Waals surface area contributed by atoms with Crippen LogP contribution in [0.4, 0.5) is 0 Å². The first kappa shape index (κ1) is 21.0. The minimum atomic E-state index is -3.85. The van der Waals surface area contributed by atoms with E-state index in [-0.39, 0.29) is 33.5 Å². The molecule has 2 N–H and O–H groups in total. The van der Waals surface area contributed by atoms with Crippen molar-refractivity contribution in [2.45, 2.75) is 42.7 Å². The number of likely N-dealkylation sites (tertiary alicyclic amines) is 1. The fourth-order valence-corrected chi connectivity index (χ4v) is 6.00. The largest absolute Gasteiger partial charge is 0.465 e. The van der Waals surface area contributed by atoms with Gasteiger partial charge in [-0.05, 0) is 50.4 Å². The number of carbonyl (C=O) groups is 2. The fraction of sp³-hybridized carbons (Fsp3) is 0.556. The van der Waals surface area contributed by atoms with Crippen LogP contribution in [0.1, 0.15) is 36.0 Å². The standard InChI is InChI=1S/C18H24ClN3O5S/c1-27-18(24)12-4-5-14(19)16(11-12)28(25,26)21-9-6-13(7-10-21)22-8-2-3-15(22)17(20)23/h4-5,11,13,15H,2-3,6-10H2,1H3,(H2,20,23). The van der Waals surface area contributed by atoms with Crippen molar-refractivity contribution in [2.75, 3.05) is 26.7 Å². The topological polar surface area (TPSA) is 110 Å². The molecule has 0 bridgehead atoms. The first-order chi connectivity index (χ1) is 13.3. The number of carbonyl (C=O) groups excluding carboxylic acids is 2. The van der Waals surface area contributed by atoms with Gasteiger partial charge in [0.15, 0.2) is 0 Å². The monoisotopic (exact) mass is 429 g/mol. The van der Waals surface area contributed by atoms with Gasteiger partial charge in [-0.25, -0.2) is 13.2 Å². The van der Waals surface area contributed by atoms with Crippen molar-refractivity contribution in [3.8, 4) is 0 Å². The molecule has 2 heterocycles. The van der Waals surface area contributed by atoms with Crippen LogP contribution in [0.15, 0.2) is 23.1 Å². The van der Waals surface area contributed by atoms with E-state index in [1.807, 2.05) is 0 Å². The molecule has 0 aromatic heterocycles. The van der Waals surface area contributed by atoms with Crippen LogP contribution in [0.3, 0.4) is 0 Å². The SMILES string of the molecule is COC(=O)c1ccc(Cl)c(S(=O)(=O)N2CCC(N3CCCC3C(N)=O)CC2)c1. The van der Waals surface area contributed by atoms with Crippen molar-refractivity contribution in [1.82, 2.24) is 9.21 Å². The predicted octanol–water partition coefficient (Wildman–Crippen LogP) is 1.23. The number of sulfonamides is 1. The van der Waals surface area contributed by atoms with E-state index in [9.17, 15) is 18.0 Å². The number of benzene rings is 1. The maximum Gasteiger partial charge on any atom is 0.337 e. The van der Waals surface area contributed by atoms with Gasteiger partial charge < -0.3 is 10.5 Å². The lowest BCUT2D eigenvalue weighted by molar-refractivity contribution is -0.123. The van der Waals surface area contributed by atoms with E-state index in [1.54, 1.807) is 0 Å². The number of halogens is 1. The summed E-state index contributed by atoms with van der Waals surface area (Å²) in [6.45, 7) is 1.43. The summed E-state index contributed by atoms with van der Waals surface area (Å²) in [6, 6.07) is 3.92. The molecule has 2 aliphatic rings. The second kappa shape index (κ2) is 8.36. The average molecular weight is 430 g/mol. The van der Waals surface area contributed by atoms with Gasteiger partial charge in [-0.1, -0.05) is 11.6 Å². The number of primary amides is 1. The third-order valence-corrected chi connectivity index (χ3v) is 7.87. The van der Waals surface area contributed by atoms with Crippen LogP contribution in [0.2, 0.25) is 5.02 Å². The van der Waals surface area contributed by atoms with Crippen LogP contribution < -0.4 is 5.73 Å². The number of nitrogens with zero attached hydrogens (tertiary/aromatic N) is 2. The van der Waals surface area contributed by atoms with Crippen LogP contribution in [-0.4, -0.2) is 68.3 Å². The van der Waals surface area contributed by atoms with Gasteiger partial charge in [0, 0.05) is 19.1 Å². The highest BCUT2D eigenvalue weighted by atomic mass is 35.5. The van der Waals surface area contributed by atoms with E-state index in [2.05, 4.69) is 9.64 Å². The molecule has 2 fully saturated rings. The number of hydrogen-bond donors (Lipinski definition) is 1. The van der Waals surface area contributed by atoms with E-state index in [4.69, 9.17) is 17.3 Å².